The Hall–Kier alpha value is -2.11. The smallest absolute Gasteiger partial charge is 0.292 e. The molecule has 1 saturated carbocycles. The molecule has 3 heterocycles. The molecule has 6 nitrogen and oxygen atoms in total. The van der Waals surface area contributed by atoms with E-state index in [0.717, 1.165) is 61.4 Å². The summed E-state index contributed by atoms with van der Waals surface area (Å²) in [5.74, 6) is 1.62. The Morgan fingerprint density at radius 3 is 2.73 bits per heavy atom. The van der Waals surface area contributed by atoms with Crippen molar-refractivity contribution in [2.45, 2.75) is 77.2 Å². The van der Waals surface area contributed by atoms with Gasteiger partial charge in [0.05, 0.1) is 17.4 Å². The maximum atomic E-state index is 13.1. The van der Waals surface area contributed by atoms with E-state index in [1.165, 1.54) is 19.3 Å². The van der Waals surface area contributed by atoms with Crippen molar-refractivity contribution >= 4 is 5.91 Å². The van der Waals surface area contributed by atoms with E-state index in [9.17, 15) is 4.79 Å². The van der Waals surface area contributed by atoms with Crippen LogP contribution in [0.25, 0.3) is 0 Å². The summed E-state index contributed by atoms with van der Waals surface area (Å²) in [5, 5.41) is 8.33. The zero-order valence-electron chi connectivity index (χ0n) is 15.7. The van der Waals surface area contributed by atoms with Crippen molar-refractivity contribution in [2.24, 2.45) is 0 Å². The zero-order valence-corrected chi connectivity index (χ0v) is 15.7. The fourth-order valence-corrected chi connectivity index (χ4v) is 4.54. The maximum Gasteiger partial charge on any atom is 0.292 e. The number of carbonyl (C=O) groups is 1. The van der Waals surface area contributed by atoms with Gasteiger partial charge in [0, 0.05) is 30.5 Å². The van der Waals surface area contributed by atoms with Gasteiger partial charge in [-0.3, -0.25) is 4.79 Å². The second kappa shape index (κ2) is 7.25. The summed E-state index contributed by atoms with van der Waals surface area (Å²) in [7, 11) is 0. The minimum Gasteiger partial charge on any atom is -0.361 e. The molecule has 1 atom stereocenters. The average Bonchev–Trinajstić information content (AvgIpc) is 3.41. The van der Waals surface area contributed by atoms with Crippen LogP contribution in [0.3, 0.4) is 0 Å². The van der Waals surface area contributed by atoms with E-state index in [1.807, 2.05) is 17.9 Å². The highest BCUT2D eigenvalue weighted by atomic mass is 16.5. The Labute approximate surface area is 153 Å². The molecule has 0 spiro atoms. The molecule has 0 bridgehead atoms. The molecule has 1 aliphatic carbocycles. The summed E-state index contributed by atoms with van der Waals surface area (Å²) in [4.78, 5) is 15.0. The van der Waals surface area contributed by atoms with Gasteiger partial charge >= 0.3 is 0 Å². The number of likely N-dealkylation sites (tertiary alicyclic amines) is 1. The minimum atomic E-state index is -0.0651. The van der Waals surface area contributed by atoms with E-state index >= 15 is 0 Å². The lowest BCUT2D eigenvalue weighted by molar-refractivity contribution is 0.0692. The van der Waals surface area contributed by atoms with Crippen molar-refractivity contribution in [3.8, 4) is 0 Å². The molecule has 2 aliphatic rings. The molecule has 0 radical (unpaired) electrons. The predicted molar refractivity (Wildman–Crippen MR) is 96.0 cm³/mol. The van der Waals surface area contributed by atoms with Crippen molar-refractivity contribution in [1.82, 2.24) is 15.2 Å². The highest BCUT2D eigenvalue weighted by molar-refractivity contribution is 5.92. The Balaban J connectivity index is 1.55. The summed E-state index contributed by atoms with van der Waals surface area (Å²) >= 11 is 0. The maximum absolute atomic E-state index is 13.1. The molecule has 1 aliphatic heterocycles. The van der Waals surface area contributed by atoms with Crippen LogP contribution in [-0.2, 0) is 6.42 Å². The van der Waals surface area contributed by atoms with Gasteiger partial charge in [-0.05, 0) is 32.6 Å². The third-order valence-electron chi connectivity index (χ3n) is 5.91. The first-order valence-electron chi connectivity index (χ1n) is 9.91. The van der Waals surface area contributed by atoms with Gasteiger partial charge in [0.1, 0.15) is 5.76 Å². The van der Waals surface area contributed by atoms with Crippen LogP contribution in [0.1, 0.15) is 97.1 Å². The van der Waals surface area contributed by atoms with Gasteiger partial charge in [0.2, 0.25) is 5.76 Å². The van der Waals surface area contributed by atoms with E-state index < -0.39 is 0 Å². The van der Waals surface area contributed by atoms with Crippen LogP contribution < -0.4 is 0 Å². The number of amides is 1. The number of aromatic nitrogens is 2. The standard InChI is InChI=1S/C20H27N3O3/c1-3-17-19(13(2)21-25-17)16-10-7-11-23(16)20(24)18-12-15(22-26-18)14-8-5-4-6-9-14/h12,14,16H,3-11H2,1-2H3/t16-/m1/s1. The second-order valence-corrected chi connectivity index (χ2v) is 7.57. The molecule has 0 unspecified atom stereocenters. The van der Waals surface area contributed by atoms with E-state index in [4.69, 9.17) is 9.05 Å². The molecule has 1 saturated heterocycles. The Bertz CT molecular complexity index is 773. The van der Waals surface area contributed by atoms with Gasteiger partial charge in [-0.1, -0.05) is 36.5 Å². The molecule has 0 N–H and O–H groups in total. The number of nitrogens with zero attached hydrogens (tertiary/aromatic N) is 3. The van der Waals surface area contributed by atoms with Gasteiger partial charge in [-0.15, -0.1) is 0 Å². The highest BCUT2D eigenvalue weighted by Crippen LogP contribution is 2.38. The minimum absolute atomic E-state index is 0.0203. The molecular weight excluding hydrogens is 330 g/mol. The Morgan fingerprint density at radius 1 is 1.15 bits per heavy atom. The molecule has 2 fully saturated rings. The van der Waals surface area contributed by atoms with Crippen LogP contribution in [0.2, 0.25) is 0 Å². The van der Waals surface area contributed by atoms with Crippen molar-refractivity contribution < 1.29 is 13.8 Å². The van der Waals surface area contributed by atoms with E-state index in [0.29, 0.717) is 11.7 Å². The van der Waals surface area contributed by atoms with E-state index in [-0.39, 0.29) is 11.9 Å². The zero-order chi connectivity index (χ0) is 18.1. The Kier molecular flexibility index (Phi) is 4.83. The van der Waals surface area contributed by atoms with E-state index in [2.05, 4.69) is 17.2 Å². The molecule has 26 heavy (non-hydrogen) atoms. The molecule has 140 valence electrons. The molecule has 0 aromatic carbocycles. The van der Waals surface area contributed by atoms with Gasteiger partial charge in [-0.2, -0.15) is 0 Å². The van der Waals surface area contributed by atoms with Crippen LogP contribution in [0.5, 0.6) is 0 Å². The molecule has 1 amide bonds. The Morgan fingerprint density at radius 2 is 1.96 bits per heavy atom. The monoisotopic (exact) mass is 357 g/mol. The quantitative estimate of drug-likeness (QED) is 0.802. The predicted octanol–water partition coefficient (Wildman–Crippen LogP) is 4.56. The lowest BCUT2D eigenvalue weighted by Gasteiger charge is -2.23. The summed E-state index contributed by atoms with van der Waals surface area (Å²) in [6, 6.07) is 1.89. The summed E-state index contributed by atoms with van der Waals surface area (Å²) in [5.41, 5.74) is 2.90. The molecule has 6 heteroatoms. The van der Waals surface area contributed by atoms with Crippen LogP contribution in [0.15, 0.2) is 15.1 Å². The first kappa shape index (κ1) is 17.3. The van der Waals surface area contributed by atoms with Crippen LogP contribution in [0, 0.1) is 6.92 Å². The summed E-state index contributed by atoms with van der Waals surface area (Å²) in [6.07, 6.45) is 8.76. The van der Waals surface area contributed by atoms with Crippen LogP contribution >= 0.6 is 0 Å². The number of hydrogen-bond acceptors (Lipinski definition) is 5. The van der Waals surface area contributed by atoms with Gasteiger partial charge in [-0.25, -0.2) is 0 Å². The van der Waals surface area contributed by atoms with Crippen LogP contribution in [0.4, 0.5) is 0 Å². The normalized spacial score (nSPS) is 21.5. The van der Waals surface area contributed by atoms with Gasteiger partial charge in [0.15, 0.2) is 0 Å². The average molecular weight is 357 g/mol. The summed E-state index contributed by atoms with van der Waals surface area (Å²) < 4.78 is 10.9. The van der Waals surface area contributed by atoms with Crippen LogP contribution in [-0.4, -0.2) is 27.7 Å². The number of aryl methyl sites for hydroxylation is 2. The SMILES string of the molecule is CCc1onc(C)c1[C@H]1CCCN1C(=O)c1cc(C2CCCCC2)no1. The van der Waals surface area contributed by atoms with Crippen molar-refractivity contribution in [2.75, 3.05) is 6.54 Å². The number of hydrogen-bond donors (Lipinski definition) is 0. The number of rotatable bonds is 4. The third-order valence-corrected chi connectivity index (χ3v) is 5.91. The third kappa shape index (κ3) is 3.06. The van der Waals surface area contributed by atoms with Gasteiger partial charge < -0.3 is 13.9 Å². The van der Waals surface area contributed by atoms with E-state index in [1.54, 1.807) is 0 Å². The first-order valence-corrected chi connectivity index (χ1v) is 9.91. The number of carbonyl (C=O) groups excluding carboxylic acids is 1. The molecule has 2 aromatic rings. The first-order chi connectivity index (χ1) is 12.7. The molecule has 4 rings (SSSR count). The van der Waals surface area contributed by atoms with Gasteiger partial charge in [0.25, 0.3) is 5.91 Å². The lowest BCUT2D eigenvalue weighted by atomic mass is 9.87. The topological polar surface area (TPSA) is 72.4 Å². The van der Waals surface area contributed by atoms with Crippen molar-refractivity contribution in [3.63, 3.8) is 0 Å². The fourth-order valence-electron chi connectivity index (χ4n) is 4.54. The summed E-state index contributed by atoms with van der Waals surface area (Å²) in [6.45, 7) is 4.74. The molecule has 2 aromatic heterocycles. The largest absolute Gasteiger partial charge is 0.361 e. The highest BCUT2D eigenvalue weighted by Gasteiger charge is 2.36. The van der Waals surface area contributed by atoms with Crippen molar-refractivity contribution in [1.29, 1.82) is 0 Å². The fraction of sp³-hybridized carbons (Fsp3) is 0.650. The second-order valence-electron chi connectivity index (χ2n) is 7.57. The molecular formula is C20H27N3O3. The lowest BCUT2D eigenvalue weighted by Crippen LogP contribution is -2.30. The van der Waals surface area contributed by atoms with Crippen molar-refractivity contribution in [3.05, 3.63) is 34.5 Å².